The number of H-pyrrole nitrogens is 1. The highest BCUT2D eigenvalue weighted by Gasteiger charge is 1.97. The van der Waals surface area contributed by atoms with E-state index in [0.29, 0.717) is 0 Å². The van der Waals surface area contributed by atoms with Crippen LogP contribution in [0.25, 0.3) is 17.0 Å². The monoisotopic (exact) mass is 186 g/mol. The number of amides is 1. The molecule has 0 atom stereocenters. The zero-order valence-electron chi connectivity index (χ0n) is 7.53. The van der Waals surface area contributed by atoms with Gasteiger partial charge in [-0.05, 0) is 23.8 Å². The highest BCUT2D eigenvalue weighted by Crippen LogP contribution is 2.18. The summed E-state index contributed by atoms with van der Waals surface area (Å²) in [6, 6.07) is 7.82. The average Bonchev–Trinajstić information content (AvgIpc) is 2.62. The first kappa shape index (κ1) is 8.56. The first-order chi connectivity index (χ1) is 6.77. The lowest BCUT2D eigenvalue weighted by Crippen LogP contribution is -2.05. The molecular formula is C11H10N2O. The molecule has 3 nitrogen and oxygen atoms in total. The third kappa shape index (κ3) is 1.52. The van der Waals surface area contributed by atoms with Crippen molar-refractivity contribution in [3.05, 3.63) is 42.1 Å². The predicted octanol–water partition coefficient (Wildman–Crippen LogP) is 1.67. The highest BCUT2D eigenvalue weighted by atomic mass is 16.1. The summed E-state index contributed by atoms with van der Waals surface area (Å²) in [5.74, 6) is -0.433. The van der Waals surface area contributed by atoms with Gasteiger partial charge in [-0.3, -0.25) is 4.79 Å². The van der Waals surface area contributed by atoms with Gasteiger partial charge < -0.3 is 10.7 Å². The largest absolute Gasteiger partial charge is 0.366 e. The second kappa shape index (κ2) is 3.38. The second-order valence-electron chi connectivity index (χ2n) is 3.02. The van der Waals surface area contributed by atoms with E-state index in [1.54, 1.807) is 6.08 Å². The molecule has 2 rings (SSSR count). The molecule has 0 saturated carbocycles. The van der Waals surface area contributed by atoms with Crippen LogP contribution in [0.5, 0.6) is 0 Å². The predicted molar refractivity (Wildman–Crippen MR) is 56.5 cm³/mol. The Morgan fingerprint density at radius 3 is 3.00 bits per heavy atom. The van der Waals surface area contributed by atoms with Crippen LogP contribution in [0.15, 0.2) is 36.5 Å². The summed E-state index contributed by atoms with van der Waals surface area (Å²) >= 11 is 0. The van der Waals surface area contributed by atoms with Gasteiger partial charge in [0, 0.05) is 23.2 Å². The van der Waals surface area contributed by atoms with Gasteiger partial charge >= 0.3 is 0 Å². The number of carbonyl (C=O) groups is 1. The lowest BCUT2D eigenvalue weighted by Gasteiger charge is -1.95. The number of aromatic nitrogens is 1. The minimum absolute atomic E-state index is 0.433. The summed E-state index contributed by atoms with van der Waals surface area (Å²) in [4.78, 5) is 13.7. The van der Waals surface area contributed by atoms with Crippen LogP contribution in [-0.4, -0.2) is 10.9 Å². The Kier molecular flexibility index (Phi) is 2.07. The number of rotatable bonds is 2. The van der Waals surface area contributed by atoms with Crippen molar-refractivity contribution >= 4 is 22.9 Å². The summed E-state index contributed by atoms with van der Waals surface area (Å²) in [5, 5.41) is 1.09. The van der Waals surface area contributed by atoms with Gasteiger partial charge in [-0.15, -0.1) is 0 Å². The minimum Gasteiger partial charge on any atom is -0.366 e. The Bertz CT molecular complexity index is 497. The first-order valence-electron chi connectivity index (χ1n) is 4.31. The third-order valence-electron chi connectivity index (χ3n) is 2.06. The highest BCUT2D eigenvalue weighted by molar-refractivity contribution is 5.95. The summed E-state index contributed by atoms with van der Waals surface area (Å²) in [6.07, 6.45) is 4.95. The maximum Gasteiger partial charge on any atom is 0.241 e. The average molecular weight is 186 g/mol. The van der Waals surface area contributed by atoms with Crippen molar-refractivity contribution in [3.8, 4) is 0 Å². The van der Waals surface area contributed by atoms with Gasteiger partial charge in [0.15, 0.2) is 0 Å². The van der Waals surface area contributed by atoms with Gasteiger partial charge in [0.1, 0.15) is 0 Å². The van der Waals surface area contributed by atoms with E-state index in [1.807, 2.05) is 30.5 Å². The molecule has 0 aliphatic carbocycles. The fraction of sp³-hybridized carbons (Fsp3) is 0. The van der Waals surface area contributed by atoms with Crippen molar-refractivity contribution in [2.75, 3.05) is 0 Å². The first-order valence-corrected chi connectivity index (χ1v) is 4.31. The molecule has 1 aromatic heterocycles. The number of nitrogens with two attached hydrogens (primary N) is 1. The van der Waals surface area contributed by atoms with Crippen LogP contribution in [0.2, 0.25) is 0 Å². The molecule has 0 aliphatic rings. The maximum atomic E-state index is 10.6. The Balaban J connectivity index is 2.51. The number of hydrogen-bond acceptors (Lipinski definition) is 1. The number of carbonyl (C=O) groups excluding carboxylic acids is 1. The van der Waals surface area contributed by atoms with Crippen molar-refractivity contribution in [1.82, 2.24) is 4.98 Å². The fourth-order valence-corrected chi connectivity index (χ4v) is 1.43. The van der Waals surface area contributed by atoms with Crippen molar-refractivity contribution in [2.24, 2.45) is 5.73 Å². The summed E-state index contributed by atoms with van der Waals surface area (Å²) in [7, 11) is 0. The van der Waals surface area contributed by atoms with E-state index in [9.17, 15) is 4.79 Å². The van der Waals surface area contributed by atoms with Crippen molar-refractivity contribution in [1.29, 1.82) is 0 Å². The molecule has 0 unspecified atom stereocenters. The molecule has 1 heterocycles. The van der Waals surface area contributed by atoms with Gasteiger partial charge in [-0.2, -0.15) is 0 Å². The molecule has 0 fully saturated rings. The molecule has 0 aliphatic heterocycles. The van der Waals surface area contributed by atoms with Crippen LogP contribution in [0, 0.1) is 0 Å². The number of hydrogen-bond donors (Lipinski definition) is 2. The molecule has 0 spiro atoms. The molecule has 1 aromatic carbocycles. The van der Waals surface area contributed by atoms with E-state index in [0.717, 1.165) is 16.5 Å². The van der Waals surface area contributed by atoms with Crippen LogP contribution >= 0.6 is 0 Å². The van der Waals surface area contributed by atoms with E-state index in [-0.39, 0.29) is 0 Å². The summed E-state index contributed by atoms with van der Waals surface area (Å²) < 4.78 is 0. The minimum atomic E-state index is -0.433. The van der Waals surface area contributed by atoms with Crippen molar-refractivity contribution in [3.63, 3.8) is 0 Å². The zero-order valence-corrected chi connectivity index (χ0v) is 7.53. The maximum absolute atomic E-state index is 10.6. The molecule has 0 radical (unpaired) electrons. The van der Waals surface area contributed by atoms with Gasteiger partial charge in [-0.1, -0.05) is 12.1 Å². The standard InChI is InChI=1S/C11H10N2O/c12-11(14)5-4-8-2-1-3-10-9(8)6-7-13-10/h1-7,13H,(H2,12,14)/b5-4-. The number of primary amides is 1. The third-order valence-corrected chi connectivity index (χ3v) is 2.06. The Morgan fingerprint density at radius 1 is 1.36 bits per heavy atom. The summed E-state index contributed by atoms with van der Waals surface area (Å²) in [5.41, 5.74) is 7.07. The Labute approximate surface area is 81.2 Å². The lowest BCUT2D eigenvalue weighted by atomic mass is 10.1. The molecule has 1 amide bonds. The van der Waals surface area contributed by atoms with E-state index in [1.165, 1.54) is 6.08 Å². The molecule has 70 valence electrons. The van der Waals surface area contributed by atoms with E-state index < -0.39 is 5.91 Å². The van der Waals surface area contributed by atoms with E-state index in [2.05, 4.69) is 4.98 Å². The molecule has 3 N–H and O–H groups in total. The molecule has 3 heteroatoms. The number of aromatic amines is 1. The molecule has 0 saturated heterocycles. The zero-order chi connectivity index (χ0) is 9.97. The Hall–Kier alpha value is -2.03. The second-order valence-corrected chi connectivity index (χ2v) is 3.02. The number of fused-ring (bicyclic) bond motifs is 1. The van der Waals surface area contributed by atoms with Crippen molar-refractivity contribution < 1.29 is 4.79 Å². The topological polar surface area (TPSA) is 58.9 Å². The van der Waals surface area contributed by atoms with Crippen molar-refractivity contribution in [2.45, 2.75) is 0 Å². The van der Waals surface area contributed by atoms with Crippen LogP contribution < -0.4 is 5.73 Å². The van der Waals surface area contributed by atoms with Crippen LogP contribution in [-0.2, 0) is 4.79 Å². The number of nitrogens with one attached hydrogen (secondary N) is 1. The normalized spacial score (nSPS) is 11.1. The fourth-order valence-electron chi connectivity index (χ4n) is 1.43. The summed E-state index contributed by atoms with van der Waals surface area (Å²) in [6.45, 7) is 0. The Morgan fingerprint density at radius 2 is 2.21 bits per heavy atom. The van der Waals surface area contributed by atoms with Gasteiger partial charge in [0.2, 0.25) is 5.91 Å². The van der Waals surface area contributed by atoms with Crippen LogP contribution in [0.4, 0.5) is 0 Å². The van der Waals surface area contributed by atoms with Crippen LogP contribution in [0.3, 0.4) is 0 Å². The molecular weight excluding hydrogens is 176 g/mol. The number of benzene rings is 1. The SMILES string of the molecule is NC(=O)/C=C\c1cccc2[nH]ccc12. The molecule has 0 bridgehead atoms. The molecule has 14 heavy (non-hydrogen) atoms. The van der Waals surface area contributed by atoms with E-state index >= 15 is 0 Å². The van der Waals surface area contributed by atoms with Gasteiger partial charge in [0.25, 0.3) is 0 Å². The van der Waals surface area contributed by atoms with Crippen LogP contribution in [0.1, 0.15) is 5.56 Å². The van der Waals surface area contributed by atoms with Gasteiger partial charge in [0.05, 0.1) is 0 Å². The molecule has 2 aromatic rings. The van der Waals surface area contributed by atoms with Gasteiger partial charge in [-0.25, -0.2) is 0 Å². The van der Waals surface area contributed by atoms with E-state index in [4.69, 9.17) is 5.73 Å². The smallest absolute Gasteiger partial charge is 0.241 e. The lowest BCUT2D eigenvalue weighted by molar-refractivity contribution is -0.113. The quantitative estimate of drug-likeness (QED) is 0.688.